The van der Waals surface area contributed by atoms with Crippen LogP contribution in [0.5, 0.6) is 0 Å². The van der Waals surface area contributed by atoms with Crippen LogP contribution in [-0.4, -0.2) is 39.9 Å². The summed E-state index contributed by atoms with van der Waals surface area (Å²) in [5, 5.41) is 18.6. The van der Waals surface area contributed by atoms with Crippen molar-refractivity contribution < 1.29 is 9.90 Å². The van der Waals surface area contributed by atoms with Gasteiger partial charge in [0, 0.05) is 37.6 Å². The van der Waals surface area contributed by atoms with E-state index in [1.165, 1.54) is 0 Å². The molecule has 1 aromatic heterocycles. The normalized spacial score (nSPS) is 10.8. The highest BCUT2D eigenvalue weighted by molar-refractivity contribution is 7.98. The van der Waals surface area contributed by atoms with Crippen molar-refractivity contribution in [3.63, 3.8) is 0 Å². The number of hydrogen-bond acceptors (Lipinski definition) is 5. The predicted octanol–water partition coefficient (Wildman–Crippen LogP) is 4.02. The number of thioether (sulfide) groups is 1. The highest BCUT2D eigenvalue weighted by Gasteiger charge is 2.13. The molecule has 0 fully saturated rings. The zero-order valence-electron chi connectivity index (χ0n) is 15.6. The number of nitrogens with zero attached hydrogens (tertiary/aromatic N) is 4. The lowest BCUT2D eigenvalue weighted by Gasteiger charge is -2.13. The summed E-state index contributed by atoms with van der Waals surface area (Å²) in [6.07, 6.45) is 0. The van der Waals surface area contributed by atoms with E-state index in [1.807, 2.05) is 26.2 Å². The first-order valence-corrected chi connectivity index (χ1v) is 9.64. The van der Waals surface area contributed by atoms with E-state index >= 15 is 0 Å². The molecule has 0 radical (unpaired) electrons. The van der Waals surface area contributed by atoms with Crippen molar-refractivity contribution in [3.05, 3.63) is 59.7 Å². The maximum Gasteiger partial charge on any atom is 0.335 e. The van der Waals surface area contributed by atoms with Crippen molar-refractivity contribution in [2.24, 2.45) is 0 Å². The van der Waals surface area contributed by atoms with E-state index in [0.29, 0.717) is 11.3 Å². The van der Waals surface area contributed by atoms with E-state index in [2.05, 4.69) is 50.9 Å². The Balaban J connectivity index is 1.76. The molecule has 1 N–H and O–H groups in total. The third kappa shape index (κ3) is 4.31. The fraction of sp³-hybridized carbons (Fsp3) is 0.250. The van der Waals surface area contributed by atoms with Crippen LogP contribution in [0, 0.1) is 0 Å². The van der Waals surface area contributed by atoms with Crippen molar-refractivity contribution in [3.8, 4) is 11.4 Å². The van der Waals surface area contributed by atoms with Gasteiger partial charge in [-0.1, -0.05) is 23.9 Å². The minimum Gasteiger partial charge on any atom is -0.478 e. The molecule has 0 aliphatic heterocycles. The number of hydrogen-bond donors (Lipinski definition) is 1. The number of anilines is 1. The van der Waals surface area contributed by atoms with Crippen LogP contribution in [0.2, 0.25) is 0 Å². The highest BCUT2D eigenvalue weighted by Crippen LogP contribution is 2.27. The number of rotatable bonds is 7. The molecule has 0 unspecified atom stereocenters. The molecular formula is C20H22N4O2S. The van der Waals surface area contributed by atoms with Gasteiger partial charge in [-0.2, -0.15) is 0 Å². The summed E-state index contributed by atoms with van der Waals surface area (Å²) in [7, 11) is 4.03. The molecule has 0 spiro atoms. The van der Waals surface area contributed by atoms with Crippen LogP contribution in [0.3, 0.4) is 0 Å². The highest BCUT2D eigenvalue weighted by atomic mass is 32.2. The van der Waals surface area contributed by atoms with Gasteiger partial charge in [-0.3, -0.25) is 0 Å². The van der Waals surface area contributed by atoms with Gasteiger partial charge < -0.3 is 14.6 Å². The first-order chi connectivity index (χ1) is 13.0. The van der Waals surface area contributed by atoms with Crippen LogP contribution in [-0.2, 0) is 12.3 Å². The van der Waals surface area contributed by atoms with Crippen LogP contribution >= 0.6 is 11.8 Å². The summed E-state index contributed by atoms with van der Waals surface area (Å²) < 4.78 is 2.10. The first kappa shape index (κ1) is 19.0. The maximum absolute atomic E-state index is 10.9. The van der Waals surface area contributed by atoms with Crippen LogP contribution in [0.15, 0.2) is 53.7 Å². The van der Waals surface area contributed by atoms with Crippen LogP contribution < -0.4 is 4.90 Å². The third-order valence-electron chi connectivity index (χ3n) is 4.24. The van der Waals surface area contributed by atoms with E-state index in [-0.39, 0.29) is 0 Å². The lowest BCUT2D eigenvalue weighted by atomic mass is 10.1. The second-order valence-electron chi connectivity index (χ2n) is 6.28. The Morgan fingerprint density at radius 1 is 1.07 bits per heavy atom. The number of carboxylic acid groups (broad SMARTS) is 1. The van der Waals surface area contributed by atoms with Crippen molar-refractivity contribution in [2.75, 3.05) is 19.0 Å². The Labute approximate surface area is 162 Å². The molecule has 0 aliphatic carbocycles. The smallest absolute Gasteiger partial charge is 0.335 e. The minimum atomic E-state index is -0.912. The number of carbonyl (C=O) groups is 1. The molecule has 3 rings (SSSR count). The summed E-state index contributed by atoms with van der Waals surface area (Å²) in [4.78, 5) is 13.0. The van der Waals surface area contributed by atoms with Gasteiger partial charge in [0.2, 0.25) is 0 Å². The summed E-state index contributed by atoms with van der Waals surface area (Å²) in [6, 6.07) is 15.2. The fourth-order valence-corrected chi connectivity index (χ4v) is 3.65. The van der Waals surface area contributed by atoms with Gasteiger partial charge in [0.25, 0.3) is 0 Å². The molecule has 140 valence electrons. The molecule has 0 atom stereocenters. The van der Waals surface area contributed by atoms with Gasteiger partial charge in [-0.05, 0) is 48.9 Å². The Morgan fingerprint density at radius 2 is 1.74 bits per heavy atom. The van der Waals surface area contributed by atoms with Crippen molar-refractivity contribution >= 4 is 23.4 Å². The molecule has 1 heterocycles. The predicted molar refractivity (Wildman–Crippen MR) is 108 cm³/mol. The SMILES string of the molecule is CCn1c(SCc2ccc(C(=O)O)cc2)nnc1-c1ccc(N(C)C)cc1. The molecule has 0 amide bonds. The standard InChI is InChI=1S/C20H22N4O2S/c1-4-24-18(15-9-11-17(12-10-15)23(2)3)21-22-20(24)27-13-14-5-7-16(8-6-14)19(25)26/h5-12H,4,13H2,1-3H3,(H,25,26). The second kappa shape index (κ2) is 8.26. The summed E-state index contributed by atoms with van der Waals surface area (Å²) in [6.45, 7) is 2.85. The summed E-state index contributed by atoms with van der Waals surface area (Å²) in [5.41, 5.74) is 3.52. The first-order valence-electron chi connectivity index (χ1n) is 8.65. The van der Waals surface area contributed by atoms with Crippen molar-refractivity contribution in [1.82, 2.24) is 14.8 Å². The van der Waals surface area contributed by atoms with Crippen LogP contribution in [0.25, 0.3) is 11.4 Å². The number of benzene rings is 2. The molecular weight excluding hydrogens is 360 g/mol. The topological polar surface area (TPSA) is 71.2 Å². The second-order valence-corrected chi connectivity index (χ2v) is 7.22. The lowest BCUT2D eigenvalue weighted by Crippen LogP contribution is -2.08. The molecule has 0 saturated carbocycles. The lowest BCUT2D eigenvalue weighted by molar-refractivity contribution is 0.0697. The van der Waals surface area contributed by atoms with Crippen LogP contribution in [0.1, 0.15) is 22.8 Å². The van der Waals surface area contributed by atoms with Gasteiger partial charge >= 0.3 is 5.97 Å². The van der Waals surface area contributed by atoms with E-state index in [4.69, 9.17) is 5.11 Å². The van der Waals surface area contributed by atoms with Gasteiger partial charge in [0.15, 0.2) is 11.0 Å². The number of carboxylic acids is 1. The molecule has 2 aromatic carbocycles. The fourth-order valence-electron chi connectivity index (χ4n) is 2.69. The summed E-state index contributed by atoms with van der Waals surface area (Å²) in [5.74, 6) is 0.647. The van der Waals surface area contributed by atoms with Gasteiger partial charge in [0.05, 0.1) is 5.56 Å². The molecule has 0 aliphatic rings. The maximum atomic E-state index is 10.9. The minimum absolute atomic E-state index is 0.295. The Bertz CT molecular complexity index is 918. The van der Waals surface area contributed by atoms with Gasteiger partial charge in [-0.15, -0.1) is 10.2 Å². The van der Waals surface area contributed by atoms with Crippen molar-refractivity contribution in [1.29, 1.82) is 0 Å². The largest absolute Gasteiger partial charge is 0.478 e. The van der Waals surface area contributed by atoms with E-state index in [1.54, 1.807) is 23.9 Å². The zero-order valence-corrected chi connectivity index (χ0v) is 16.4. The number of aromatic carboxylic acids is 1. The molecule has 0 saturated heterocycles. The van der Waals surface area contributed by atoms with Crippen molar-refractivity contribution in [2.45, 2.75) is 24.4 Å². The van der Waals surface area contributed by atoms with E-state index in [9.17, 15) is 4.79 Å². The van der Waals surface area contributed by atoms with Gasteiger partial charge in [-0.25, -0.2) is 4.79 Å². The number of aromatic nitrogens is 3. The zero-order chi connectivity index (χ0) is 19.4. The summed E-state index contributed by atoms with van der Waals surface area (Å²) >= 11 is 1.60. The Hall–Kier alpha value is -2.80. The third-order valence-corrected chi connectivity index (χ3v) is 5.28. The quantitative estimate of drug-likeness (QED) is 0.622. The Kier molecular flexibility index (Phi) is 5.81. The van der Waals surface area contributed by atoms with Gasteiger partial charge in [0.1, 0.15) is 0 Å². The molecule has 27 heavy (non-hydrogen) atoms. The average Bonchev–Trinajstić information content (AvgIpc) is 3.09. The average molecular weight is 382 g/mol. The molecule has 6 nitrogen and oxygen atoms in total. The van der Waals surface area contributed by atoms with Crippen LogP contribution in [0.4, 0.5) is 5.69 Å². The molecule has 7 heteroatoms. The molecule has 3 aromatic rings. The monoisotopic (exact) mass is 382 g/mol. The Morgan fingerprint density at radius 3 is 2.30 bits per heavy atom. The van der Waals surface area contributed by atoms with E-state index < -0.39 is 5.97 Å². The molecule has 0 bridgehead atoms. The van der Waals surface area contributed by atoms with E-state index in [0.717, 1.165) is 34.3 Å².